The average molecular weight is 434 g/mol. The smallest absolute Gasteiger partial charge is 0.295 e. The number of aromatic hydroxyl groups is 1. The number of aliphatic hydroxyl groups excluding tert-OH is 1. The minimum atomic E-state index is -0.756. The van der Waals surface area contributed by atoms with Crippen molar-refractivity contribution in [3.05, 3.63) is 106 Å². The van der Waals surface area contributed by atoms with Crippen LogP contribution >= 0.6 is 11.6 Å². The second kappa shape index (κ2) is 8.66. The van der Waals surface area contributed by atoms with E-state index >= 15 is 0 Å². The molecule has 6 heteroatoms. The van der Waals surface area contributed by atoms with Crippen LogP contribution in [0.4, 0.5) is 0 Å². The minimum Gasteiger partial charge on any atom is -0.508 e. The van der Waals surface area contributed by atoms with Gasteiger partial charge in [0.05, 0.1) is 11.6 Å². The van der Waals surface area contributed by atoms with Gasteiger partial charge >= 0.3 is 0 Å². The SMILES string of the molecule is O=C1C(=O)N(CCc2ccc(Cl)cc2)C(c2ccc(O)cc2)/C1=C(/O)c1ccccc1. The van der Waals surface area contributed by atoms with E-state index in [1.807, 2.05) is 12.1 Å². The van der Waals surface area contributed by atoms with Crippen LogP contribution in [0.1, 0.15) is 22.7 Å². The summed E-state index contributed by atoms with van der Waals surface area (Å²) < 4.78 is 0. The first-order valence-electron chi connectivity index (χ1n) is 9.83. The summed E-state index contributed by atoms with van der Waals surface area (Å²) in [4.78, 5) is 27.4. The normalized spacial score (nSPS) is 17.8. The lowest BCUT2D eigenvalue weighted by atomic mass is 9.95. The van der Waals surface area contributed by atoms with E-state index in [4.69, 9.17) is 11.6 Å². The molecule has 1 amide bonds. The number of nitrogens with zero attached hydrogens (tertiary/aromatic N) is 1. The molecule has 1 saturated heterocycles. The molecule has 4 rings (SSSR count). The maximum Gasteiger partial charge on any atom is 0.295 e. The molecule has 156 valence electrons. The van der Waals surface area contributed by atoms with Gasteiger partial charge in [-0.3, -0.25) is 9.59 Å². The molecule has 3 aromatic carbocycles. The predicted octanol–water partition coefficient (Wildman–Crippen LogP) is 4.71. The van der Waals surface area contributed by atoms with Crippen LogP contribution in [0.15, 0.2) is 84.4 Å². The first-order valence-corrected chi connectivity index (χ1v) is 10.2. The monoisotopic (exact) mass is 433 g/mol. The zero-order chi connectivity index (χ0) is 22.0. The van der Waals surface area contributed by atoms with E-state index in [0.717, 1.165) is 5.56 Å². The number of amides is 1. The van der Waals surface area contributed by atoms with Crippen LogP contribution in [0, 0.1) is 0 Å². The Morgan fingerprint density at radius 1 is 0.903 bits per heavy atom. The number of rotatable bonds is 5. The summed E-state index contributed by atoms with van der Waals surface area (Å²) in [5.41, 5.74) is 2.10. The number of aliphatic hydroxyl groups is 1. The summed E-state index contributed by atoms with van der Waals surface area (Å²) >= 11 is 5.95. The van der Waals surface area contributed by atoms with Crippen LogP contribution in [0.5, 0.6) is 5.75 Å². The average Bonchev–Trinajstić information content (AvgIpc) is 3.04. The van der Waals surface area contributed by atoms with Gasteiger partial charge in [0.2, 0.25) is 0 Å². The predicted molar refractivity (Wildman–Crippen MR) is 119 cm³/mol. The molecule has 0 saturated carbocycles. The summed E-state index contributed by atoms with van der Waals surface area (Å²) in [6.45, 7) is 0.281. The van der Waals surface area contributed by atoms with E-state index in [1.54, 1.807) is 54.6 Å². The molecule has 0 spiro atoms. The third-order valence-electron chi connectivity index (χ3n) is 5.35. The van der Waals surface area contributed by atoms with Gasteiger partial charge in [-0.05, 0) is 41.8 Å². The molecule has 1 heterocycles. The maximum absolute atomic E-state index is 13.0. The van der Waals surface area contributed by atoms with E-state index < -0.39 is 17.7 Å². The fourth-order valence-corrected chi connectivity index (χ4v) is 3.89. The third kappa shape index (κ3) is 4.18. The van der Waals surface area contributed by atoms with Gasteiger partial charge in [-0.2, -0.15) is 0 Å². The van der Waals surface area contributed by atoms with E-state index in [1.165, 1.54) is 17.0 Å². The van der Waals surface area contributed by atoms with Gasteiger partial charge in [-0.25, -0.2) is 0 Å². The van der Waals surface area contributed by atoms with Crippen molar-refractivity contribution in [3.8, 4) is 5.75 Å². The van der Waals surface area contributed by atoms with Crippen LogP contribution < -0.4 is 0 Å². The molecular formula is C25H20ClNO4. The summed E-state index contributed by atoms with van der Waals surface area (Å²) in [6.07, 6.45) is 0.518. The molecule has 0 aromatic heterocycles. The molecule has 1 unspecified atom stereocenters. The Bertz CT molecular complexity index is 1140. The molecule has 1 aliphatic heterocycles. The highest BCUT2D eigenvalue weighted by molar-refractivity contribution is 6.46. The van der Waals surface area contributed by atoms with E-state index in [-0.39, 0.29) is 23.6 Å². The molecule has 1 fully saturated rings. The first-order chi connectivity index (χ1) is 15.0. The molecule has 0 bridgehead atoms. The summed E-state index contributed by atoms with van der Waals surface area (Å²) in [7, 11) is 0. The Balaban J connectivity index is 1.75. The Kier molecular flexibility index (Phi) is 5.78. The van der Waals surface area contributed by atoms with Gasteiger partial charge in [-0.1, -0.05) is 66.2 Å². The fourth-order valence-electron chi connectivity index (χ4n) is 3.77. The number of likely N-dealkylation sites (tertiary alicyclic amines) is 1. The summed E-state index contributed by atoms with van der Waals surface area (Å²) in [6, 6.07) is 21.5. The highest BCUT2D eigenvalue weighted by Crippen LogP contribution is 2.39. The van der Waals surface area contributed by atoms with Gasteiger partial charge < -0.3 is 15.1 Å². The van der Waals surface area contributed by atoms with Crippen molar-refractivity contribution < 1.29 is 19.8 Å². The van der Waals surface area contributed by atoms with Crippen molar-refractivity contribution >= 4 is 29.1 Å². The topological polar surface area (TPSA) is 77.8 Å². The van der Waals surface area contributed by atoms with Gasteiger partial charge in [0.25, 0.3) is 11.7 Å². The van der Waals surface area contributed by atoms with Gasteiger partial charge in [0, 0.05) is 17.1 Å². The van der Waals surface area contributed by atoms with Crippen LogP contribution in [0.3, 0.4) is 0 Å². The maximum atomic E-state index is 13.0. The Labute approximate surface area is 184 Å². The van der Waals surface area contributed by atoms with Gasteiger partial charge in [0.1, 0.15) is 11.5 Å². The van der Waals surface area contributed by atoms with Crippen LogP contribution in [-0.2, 0) is 16.0 Å². The van der Waals surface area contributed by atoms with Crippen molar-refractivity contribution in [2.24, 2.45) is 0 Å². The molecule has 0 aliphatic carbocycles. The van der Waals surface area contributed by atoms with Crippen LogP contribution in [-0.4, -0.2) is 33.3 Å². The number of ketones is 1. The number of phenolic OH excluding ortho intramolecular Hbond substituents is 1. The second-order valence-corrected chi connectivity index (χ2v) is 7.76. The van der Waals surface area contributed by atoms with Gasteiger partial charge in [0.15, 0.2) is 0 Å². The van der Waals surface area contributed by atoms with Crippen LogP contribution in [0.2, 0.25) is 5.02 Å². The summed E-state index contributed by atoms with van der Waals surface area (Å²) in [5, 5.41) is 21.2. The number of Topliss-reactive ketones (excluding diaryl/α,β-unsaturated/α-hetero) is 1. The quantitative estimate of drug-likeness (QED) is 0.347. The van der Waals surface area contributed by atoms with E-state index in [9.17, 15) is 19.8 Å². The zero-order valence-electron chi connectivity index (χ0n) is 16.5. The van der Waals surface area contributed by atoms with Gasteiger partial charge in [-0.15, -0.1) is 0 Å². The molecule has 2 N–H and O–H groups in total. The molecule has 1 aliphatic rings. The highest BCUT2D eigenvalue weighted by Gasteiger charge is 2.45. The lowest BCUT2D eigenvalue weighted by molar-refractivity contribution is -0.139. The second-order valence-electron chi connectivity index (χ2n) is 7.33. The summed E-state index contributed by atoms with van der Waals surface area (Å²) in [5.74, 6) is -1.53. The minimum absolute atomic E-state index is 0.0398. The van der Waals surface area contributed by atoms with E-state index in [0.29, 0.717) is 22.6 Å². The number of benzene rings is 3. The highest BCUT2D eigenvalue weighted by atomic mass is 35.5. The lowest BCUT2D eigenvalue weighted by Crippen LogP contribution is -2.31. The first kappa shape index (κ1) is 20.7. The fraction of sp³-hybridized carbons (Fsp3) is 0.120. The van der Waals surface area contributed by atoms with Crippen LogP contribution in [0.25, 0.3) is 5.76 Å². The Morgan fingerprint density at radius 3 is 2.19 bits per heavy atom. The number of phenols is 1. The molecule has 31 heavy (non-hydrogen) atoms. The third-order valence-corrected chi connectivity index (χ3v) is 5.60. The number of halogens is 1. The molecular weight excluding hydrogens is 414 g/mol. The van der Waals surface area contributed by atoms with E-state index in [2.05, 4.69) is 0 Å². The number of carbonyl (C=O) groups is 2. The number of hydrogen-bond acceptors (Lipinski definition) is 4. The Hall–Kier alpha value is -3.57. The van der Waals surface area contributed by atoms with Crippen molar-refractivity contribution in [2.45, 2.75) is 12.5 Å². The van der Waals surface area contributed by atoms with Crippen molar-refractivity contribution in [2.75, 3.05) is 6.54 Å². The molecule has 3 aromatic rings. The van der Waals surface area contributed by atoms with Crippen molar-refractivity contribution in [1.82, 2.24) is 4.90 Å². The molecule has 5 nitrogen and oxygen atoms in total. The zero-order valence-corrected chi connectivity index (χ0v) is 17.3. The lowest BCUT2D eigenvalue weighted by Gasteiger charge is -2.25. The largest absolute Gasteiger partial charge is 0.508 e. The molecule has 1 atom stereocenters. The standard InChI is InChI=1S/C25H20ClNO4/c26-19-10-6-16(7-11-19)14-15-27-22(17-8-12-20(28)13-9-17)21(24(30)25(27)31)23(29)18-4-2-1-3-5-18/h1-13,22,28-29H,14-15H2/b23-21-. The van der Waals surface area contributed by atoms with Crippen molar-refractivity contribution in [3.63, 3.8) is 0 Å². The molecule has 0 radical (unpaired) electrons. The number of carbonyl (C=O) groups excluding carboxylic acids is 2. The van der Waals surface area contributed by atoms with Crippen molar-refractivity contribution in [1.29, 1.82) is 0 Å². The Morgan fingerprint density at radius 2 is 1.55 bits per heavy atom. The number of hydrogen-bond donors (Lipinski definition) is 2.